The number of hydrogen-bond donors (Lipinski definition) is 3. The summed E-state index contributed by atoms with van der Waals surface area (Å²) in [7, 11) is -4.38. The molecule has 0 amide bonds. The normalized spacial score (nSPS) is 11.4. The third kappa shape index (κ3) is 2.10. The molecular formula is C7H9N3O5S. The van der Waals surface area contributed by atoms with Crippen molar-refractivity contribution in [1.82, 2.24) is 4.89 Å². The molecule has 1 aromatic carbocycles. The van der Waals surface area contributed by atoms with Crippen molar-refractivity contribution >= 4 is 21.4 Å². The Bertz CT molecular complexity index is 539. The van der Waals surface area contributed by atoms with Crippen LogP contribution in [0.25, 0.3) is 0 Å². The van der Waals surface area contributed by atoms with Crippen molar-refractivity contribution in [2.24, 2.45) is 0 Å². The van der Waals surface area contributed by atoms with Gasteiger partial charge in [-0.15, -0.1) is 0 Å². The molecule has 0 saturated carbocycles. The molecule has 0 aliphatic carbocycles. The van der Waals surface area contributed by atoms with E-state index in [4.69, 9.17) is 10.9 Å². The van der Waals surface area contributed by atoms with Gasteiger partial charge in [-0.1, -0.05) is 4.89 Å². The third-order valence-corrected chi connectivity index (χ3v) is 3.05. The summed E-state index contributed by atoms with van der Waals surface area (Å²) in [5, 5.41) is 19.1. The topological polar surface area (TPSA) is 136 Å². The molecular weight excluding hydrogens is 238 g/mol. The van der Waals surface area contributed by atoms with Crippen LogP contribution in [-0.2, 0) is 10.0 Å². The Kier molecular flexibility index (Phi) is 3.12. The van der Waals surface area contributed by atoms with Gasteiger partial charge in [-0.25, -0.2) is 8.42 Å². The number of hydrogen-bond acceptors (Lipinski definition) is 6. The first-order valence-corrected chi connectivity index (χ1v) is 5.48. The fourth-order valence-corrected chi connectivity index (χ4v) is 2.12. The zero-order valence-electron chi connectivity index (χ0n) is 8.17. The number of nitrogens with two attached hydrogens (primary N) is 1. The van der Waals surface area contributed by atoms with Crippen LogP contribution in [0.1, 0.15) is 5.56 Å². The van der Waals surface area contributed by atoms with E-state index in [1.807, 2.05) is 0 Å². The van der Waals surface area contributed by atoms with Gasteiger partial charge in [0.1, 0.15) is 0 Å². The number of sulfonamides is 1. The van der Waals surface area contributed by atoms with Crippen LogP contribution < -0.4 is 10.6 Å². The summed E-state index contributed by atoms with van der Waals surface area (Å²) in [4.78, 5) is 10.0. The molecule has 8 nitrogen and oxygen atoms in total. The first-order valence-electron chi connectivity index (χ1n) is 4.00. The van der Waals surface area contributed by atoms with Crippen LogP contribution in [0.3, 0.4) is 0 Å². The Morgan fingerprint density at radius 1 is 1.50 bits per heavy atom. The Morgan fingerprint density at radius 3 is 2.50 bits per heavy atom. The molecule has 0 aliphatic rings. The van der Waals surface area contributed by atoms with Crippen molar-refractivity contribution in [3.63, 3.8) is 0 Å². The molecule has 0 spiro atoms. The van der Waals surface area contributed by atoms with E-state index < -0.39 is 25.5 Å². The Labute approximate surface area is 90.8 Å². The molecule has 16 heavy (non-hydrogen) atoms. The second kappa shape index (κ2) is 4.04. The van der Waals surface area contributed by atoms with Crippen LogP contribution in [0, 0.1) is 17.0 Å². The van der Waals surface area contributed by atoms with Crippen molar-refractivity contribution in [1.29, 1.82) is 0 Å². The van der Waals surface area contributed by atoms with Gasteiger partial charge < -0.3 is 10.9 Å². The molecule has 1 rings (SSSR count). The number of nitro groups is 1. The van der Waals surface area contributed by atoms with E-state index in [1.54, 1.807) is 0 Å². The van der Waals surface area contributed by atoms with E-state index in [0.29, 0.717) is 5.56 Å². The van der Waals surface area contributed by atoms with Gasteiger partial charge in [0.05, 0.1) is 10.6 Å². The third-order valence-electron chi connectivity index (χ3n) is 1.83. The van der Waals surface area contributed by atoms with Gasteiger partial charge in [0.15, 0.2) is 4.90 Å². The van der Waals surface area contributed by atoms with Crippen LogP contribution >= 0.6 is 0 Å². The number of nitrogens with one attached hydrogen (secondary N) is 1. The van der Waals surface area contributed by atoms with Gasteiger partial charge in [-0.3, -0.25) is 10.1 Å². The predicted molar refractivity (Wildman–Crippen MR) is 54.4 cm³/mol. The molecule has 0 fully saturated rings. The van der Waals surface area contributed by atoms with Gasteiger partial charge in [-0.2, -0.15) is 0 Å². The van der Waals surface area contributed by atoms with Crippen LogP contribution in [0.15, 0.2) is 17.0 Å². The Hall–Kier alpha value is -1.71. The average molecular weight is 247 g/mol. The highest BCUT2D eigenvalue weighted by Crippen LogP contribution is 2.30. The van der Waals surface area contributed by atoms with E-state index in [0.717, 1.165) is 11.0 Å². The fourth-order valence-electron chi connectivity index (χ4n) is 1.26. The highest BCUT2D eigenvalue weighted by molar-refractivity contribution is 7.89. The molecule has 0 radical (unpaired) electrons. The van der Waals surface area contributed by atoms with Gasteiger partial charge >= 0.3 is 0 Å². The SMILES string of the molecule is Cc1cc(N)c(S(=O)(=O)NO)c([N+](=O)[O-])c1. The maximum absolute atomic E-state index is 11.3. The summed E-state index contributed by atoms with van der Waals surface area (Å²) in [5.74, 6) is 0. The highest BCUT2D eigenvalue weighted by atomic mass is 32.2. The van der Waals surface area contributed by atoms with Crippen molar-refractivity contribution < 1.29 is 18.5 Å². The summed E-state index contributed by atoms with van der Waals surface area (Å²) in [6.45, 7) is 1.53. The monoisotopic (exact) mass is 247 g/mol. The second-order valence-electron chi connectivity index (χ2n) is 3.05. The minimum absolute atomic E-state index is 0.298. The van der Waals surface area contributed by atoms with Crippen LogP contribution in [0.4, 0.5) is 11.4 Å². The average Bonchev–Trinajstić information content (AvgIpc) is 2.15. The fraction of sp³-hybridized carbons (Fsp3) is 0.143. The molecule has 0 unspecified atom stereocenters. The van der Waals surface area contributed by atoms with E-state index in [1.165, 1.54) is 13.0 Å². The van der Waals surface area contributed by atoms with Gasteiger partial charge in [0.2, 0.25) is 0 Å². The number of anilines is 1. The lowest BCUT2D eigenvalue weighted by Gasteiger charge is -2.07. The minimum Gasteiger partial charge on any atom is -0.397 e. The zero-order valence-corrected chi connectivity index (χ0v) is 8.98. The molecule has 1 aromatic rings. The highest BCUT2D eigenvalue weighted by Gasteiger charge is 2.28. The Balaban J connectivity index is 3.67. The quantitative estimate of drug-likeness (QED) is 0.395. The van der Waals surface area contributed by atoms with Crippen LogP contribution in [-0.4, -0.2) is 18.5 Å². The van der Waals surface area contributed by atoms with Crippen LogP contribution in [0.5, 0.6) is 0 Å². The number of aryl methyl sites for hydroxylation is 1. The lowest BCUT2D eigenvalue weighted by atomic mass is 10.2. The lowest BCUT2D eigenvalue weighted by molar-refractivity contribution is -0.387. The van der Waals surface area contributed by atoms with E-state index in [-0.39, 0.29) is 5.69 Å². The molecule has 0 saturated heterocycles. The lowest BCUT2D eigenvalue weighted by Crippen LogP contribution is -2.22. The maximum Gasteiger partial charge on any atom is 0.291 e. The molecule has 9 heteroatoms. The predicted octanol–water partition coefficient (Wildman–Crippen LogP) is 0.153. The first-order chi connectivity index (χ1) is 7.29. The smallest absolute Gasteiger partial charge is 0.291 e. The first kappa shape index (κ1) is 12.4. The van der Waals surface area contributed by atoms with Crippen molar-refractivity contribution in [3.8, 4) is 0 Å². The van der Waals surface area contributed by atoms with Crippen molar-refractivity contribution in [3.05, 3.63) is 27.8 Å². The molecule has 88 valence electrons. The Morgan fingerprint density at radius 2 is 2.06 bits per heavy atom. The summed E-state index contributed by atoms with van der Waals surface area (Å²) in [6, 6.07) is 2.32. The molecule has 0 aliphatic heterocycles. The van der Waals surface area contributed by atoms with Crippen molar-refractivity contribution in [2.45, 2.75) is 11.8 Å². The molecule has 4 N–H and O–H groups in total. The van der Waals surface area contributed by atoms with Gasteiger partial charge in [0, 0.05) is 6.07 Å². The summed E-state index contributed by atoms with van der Waals surface area (Å²) >= 11 is 0. The van der Waals surface area contributed by atoms with Crippen LogP contribution in [0.2, 0.25) is 0 Å². The molecule has 0 heterocycles. The molecule has 0 atom stereocenters. The largest absolute Gasteiger partial charge is 0.397 e. The summed E-state index contributed by atoms with van der Waals surface area (Å²) in [6.07, 6.45) is 0. The van der Waals surface area contributed by atoms with Crippen molar-refractivity contribution in [2.75, 3.05) is 5.73 Å². The second-order valence-corrected chi connectivity index (χ2v) is 4.65. The van der Waals surface area contributed by atoms with E-state index in [2.05, 4.69) is 0 Å². The van der Waals surface area contributed by atoms with E-state index >= 15 is 0 Å². The summed E-state index contributed by atoms with van der Waals surface area (Å²) < 4.78 is 22.6. The maximum atomic E-state index is 11.3. The number of nitro benzene ring substituents is 1. The van der Waals surface area contributed by atoms with Gasteiger partial charge in [0.25, 0.3) is 15.7 Å². The summed E-state index contributed by atoms with van der Waals surface area (Å²) in [5.41, 5.74) is 4.85. The number of benzene rings is 1. The van der Waals surface area contributed by atoms with E-state index in [9.17, 15) is 18.5 Å². The standard InChI is InChI=1S/C7H9N3O5S/c1-4-2-5(8)7(16(14,15)9-11)6(3-4)10(12)13/h2-3,9,11H,8H2,1H3. The number of rotatable bonds is 3. The number of nitrogens with zero attached hydrogens (tertiary/aromatic N) is 1. The minimum atomic E-state index is -4.38. The zero-order chi connectivity index (χ0) is 12.5. The molecule has 0 aromatic heterocycles. The number of nitrogen functional groups attached to an aromatic ring is 1. The van der Waals surface area contributed by atoms with Gasteiger partial charge in [-0.05, 0) is 18.6 Å². The molecule has 0 bridgehead atoms.